The summed E-state index contributed by atoms with van der Waals surface area (Å²) in [6, 6.07) is 96.1. The Hall–Kier alpha value is -9.18. The number of aromatic nitrogens is 1. The highest BCUT2D eigenvalue weighted by molar-refractivity contribution is 6.10. The van der Waals surface area contributed by atoms with Crippen molar-refractivity contribution in [3.8, 4) is 61.3 Å². The molecule has 0 aliphatic heterocycles. The smallest absolute Gasteiger partial charge is 0.136 e. The van der Waals surface area contributed by atoms with E-state index in [0.29, 0.717) is 0 Å². The van der Waals surface area contributed by atoms with Gasteiger partial charge in [-0.2, -0.15) is 0 Å². The normalized spacial score (nSPS) is 11.5. The topological polar surface area (TPSA) is 21.3 Å². The van der Waals surface area contributed by atoms with E-state index in [-0.39, 0.29) is 0 Å². The van der Waals surface area contributed by atoms with Crippen LogP contribution in [-0.4, -0.2) is 4.57 Å². The molecule has 0 aliphatic carbocycles. The maximum atomic E-state index is 6.28. The molecule has 0 amide bonds. The lowest BCUT2D eigenvalue weighted by molar-refractivity contribution is 0.669. The quantitative estimate of drug-likeness (QED) is 0.144. The minimum Gasteiger partial charge on any atom is -0.456 e. The highest BCUT2D eigenvalue weighted by Gasteiger charge is 2.17. The summed E-state index contributed by atoms with van der Waals surface area (Å²) in [5.41, 5.74) is 20.3. The minimum absolute atomic E-state index is 0.894. The Morgan fingerprint density at radius 1 is 0.246 bits per heavy atom. The third-order valence-electron chi connectivity index (χ3n) is 13.6. The monoisotopic (exact) mass is 880 g/mol. The molecule has 0 aliphatic rings. The van der Waals surface area contributed by atoms with E-state index in [0.717, 1.165) is 66.9 Å². The molecule has 13 rings (SSSR count). The Morgan fingerprint density at radius 2 is 0.652 bits per heavy atom. The van der Waals surface area contributed by atoms with Crippen molar-refractivity contribution in [1.29, 1.82) is 0 Å². The molecule has 0 N–H and O–H groups in total. The first-order chi connectivity index (χ1) is 34.2. The predicted octanol–water partition coefficient (Wildman–Crippen LogP) is 18.5. The number of rotatable bonds is 9. The molecule has 11 aromatic carbocycles. The highest BCUT2D eigenvalue weighted by Crippen LogP contribution is 2.41. The maximum absolute atomic E-state index is 6.28. The summed E-state index contributed by atoms with van der Waals surface area (Å²) in [5.74, 6) is 0. The van der Waals surface area contributed by atoms with Crippen molar-refractivity contribution in [3.63, 3.8) is 0 Å². The van der Waals surface area contributed by atoms with Crippen molar-refractivity contribution in [1.82, 2.24) is 4.57 Å². The number of benzene rings is 11. The lowest BCUT2D eigenvalue weighted by atomic mass is 9.93. The Balaban J connectivity index is 0.885. The van der Waals surface area contributed by atoms with Crippen molar-refractivity contribution in [3.05, 3.63) is 267 Å². The van der Waals surface area contributed by atoms with Gasteiger partial charge in [0.15, 0.2) is 0 Å². The van der Waals surface area contributed by atoms with Gasteiger partial charge in [-0.15, -0.1) is 0 Å². The molecule has 13 aromatic rings. The molecule has 0 saturated carbocycles. The molecule has 2 heterocycles. The average Bonchev–Trinajstić information content (AvgIpc) is 3.97. The lowest BCUT2D eigenvalue weighted by Crippen LogP contribution is -2.09. The SMILES string of the molecule is c1ccc(-c2cc(-c3ccccc3)cc(-c3ccc(N(c4ccc(-c5ccc6c(c5)oc5ccccc56)cc4)c4ccc(-c5ccc6c(c5)c5ccccc5n6-c5ccccc5)cc4)cc3)c2)cc1. The number of para-hydroxylation sites is 3. The van der Waals surface area contributed by atoms with Crippen LogP contribution in [0.4, 0.5) is 17.1 Å². The van der Waals surface area contributed by atoms with Crippen molar-refractivity contribution >= 4 is 60.8 Å². The Labute approximate surface area is 401 Å². The van der Waals surface area contributed by atoms with Gasteiger partial charge in [-0.05, 0) is 159 Å². The van der Waals surface area contributed by atoms with Gasteiger partial charge in [0.05, 0.1) is 11.0 Å². The summed E-state index contributed by atoms with van der Waals surface area (Å²) in [6.07, 6.45) is 0. The van der Waals surface area contributed by atoms with Crippen LogP contribution >= 0.6 is 0 Å². The second-order valence-electron chi connectivity index (χ2n) is 17.7. The molecule has 2 aromatic heterocycles. The van der Waals surface area contributed by atoms with Crippen molar-refractivity contribution in [2.75, 3.05) is 4.90 Å². The van der Waals surface area contributed by atoms with Gasteiger partial charge in [0.25, 0.3) is 0 Å². The van der Waals surface area contributed by atoms with Crippen LogP contribution in [0.1, 0.15) is 0 Å². The van der Waals surface area contributed by atoms with Gasteiger partial charge in [-0.3, -0.25) is 0 Å². The molecule has 324 valence electrons. The Bertz CT molecular complexity index is 3910. The van der Waals surface area contributed by atoms with Gasteiger partial charge in [0.1, 0.15) is 11.2 Å². The summed E-state index contributed by atoms with van der Waals surface area (Å²) in [7, 11) is 0. The number of anilines is 3. The average molecular weight is 881 g/mol. The summed E-state index contributed by atoms with van der Waals surface area (Å²) >= 11 is 0. The van der Waals surface area contributed by atoms with Crippen LogP contribution in [0.2, 0.25) is 0 Å². The van der Waals surface area contributed by atoms with Crippen LogP contribution in [0.15, 0.2) is 271 Å². The number of hydrogen-bond acceptors (Lipinski definition) is 2. The van der Waals surface area contributed by atoms with Crippen LogP contribution in [0.25, 0.3) is 105 Å². The Morgan fingerprint density at radius 3 is 1.23 bits per heavy atom. The number of nitrogens with zero attached hydrogens (tertiary/aromatic N) is 2. The zero-order chi connectivity index (χ0) is 45.7. The highest BCUT2D eigenvalue weighted by atomic mass is 16.3. The molecule has 0 fully saturated rings. The first-order valence-corrected chi connectivity index (χ1v) is 23.6. The fourth-order valence-electron chi connectivity index (χ4n) is 10.2. The van der Waals surface area contributed by atoms with Crippen molar-refractivity contribution < 1.29 is 4.42 Å². The zero-order valence-electron chi connectivity index (χ0n) is 37.7. The third-order valence-corrected chi connectivity index (χ3v) is 13.6. The van der Waals surface area contributed by atoms with Crippen molar-refractivity contribution in [2.24, 2.45) is 0 Å². The summed E-state index contributed by atoms with van der Waals surface area (Å²) < 4.78 is 8.65. The third kappa shape index (κ3) is 7.34. The maximum Gasteiger partial charge on any atom is 0.136 e. The van der Waals surface area contributed by atoms with E-state index in [1.165, 1.54) is 55.2 Å². The second-order valence-corrected chi connectivity index (χ2v) is 17.7. The van der Waals surface area contributed by atoms with E-state index in [1.54, 1.807) is 0 Å². The van der Waals surface area contributed by atoms with Gasteiger partial charge in [0.2, 0.25) is 0 Å². The standard InChI is InChI=1S/C66H44N2O/c1-4-14-45(15-5-1)52-40-53(46-16-6-2-7-17-46)42-54(41-52)49-28-36-58(37-29-49)67(57-34-26-48(27-35-57)51-30-38-61-60-21-11-13-23-65(60)69-66(61)44-51)56-32-24-47(25-33-56)50-31-39-64-62(43-50)59-20-10-12-22-63(59)68(64)55-18-8-3-9-19-55/h1-44H. The summed E-state index contributed by atoms with van der Waals surface area (Å²) in [6.45, 7) is 0. The second kappa shape index (κ2) is 16.9. The van der Waals surface area contributed by atoms with E-state index in [4.69, 9.17) is 4.42 Å². The van der Waals surface area contributed by atoms with Crippen LogP contribution in [0, 0.1) is 0 Å². The van der Waals surface area contributed by atoms with E-state index in [2.05, 4.69) is 264 Å². The molecule has 0 atom stereocenters. The molecule has 0 bridgehead atoms. The van der Waals surface area contributed by atoms with Gasteiger partial charge in [-0.25, -0.2) is 0 Å². The van der Waals surface area contributed by atoms with E-state index in [9.17, 15) is 0 Å². The lowest BCUT2D eigenvalue weighted by Gasteiger charge is -2.26. The van der Waals surface area contributed by atoms with E-state index < -0.39 is 0 Å². The largest absolute Gasteiger partial charge is 0.456 e. The summed E-state index contributed by atoms with van der Waals surface area (Å²) in [4.78, 5) is 2.35. The van der Waals surface area contributed by atoms with Gasteiger partial charge >= 0.3 is 0 Å². The van der Waals surface area contributed by atoms with E-state index >= 15 is 0 Å². The molecular weight excluding hydrogens is 837 g/mol. The molecule has 0 spiro atoms. The first-order valence-electron chi connectivity index (χ1n) is 23.6. The first kappa shape index (κ1) is 40.1. The number of fused-ring (bicyclic) bond motifs is 6. The van der Waals surface area contributed by atoms with Crippen LogP contribution in [0.5, 0.6) is 0 Å². The fraction of sp³-hybridized carbons (Fsp3) is 0. The molecule has 0 radical (unpaired) electrons. The van der Waals surface area contributed by atoms with Crippen LogP contribution in [-0.2, 0) is 0 Å². The predicted molar refractivity (Wildman–Crippen MR) is 290 cm³/mol. The molecule has 0 saturated heterocycles. The van der Waals surface area contributed by atoms with Crippen LogP contribution < -0.4 is 4.90 Å². The summed E-state index contributed by atoms with van der Waals surface area (Å²) in [5, 5.41) is 4.75. The molecular formula is C66H44N2O. The minimum atomic E-state index is 0.894. The number of furan rings is 1. The molecule has 3 heteroatoms. The van der Waals surface area contributed by atoms with Crippen molar-refractivity contribution in [2.45, 2.75) is 0 Å². The van der Waals surface area contributed by atoms with E-state index in [1.807, 2.05) is 12.1 Å². The molecule has 0 unspecified atom stereocenters. The molecule has 69 heavy (non-hydrogen) atoms. The van der Waals surface area contributed by atoms with Gasteiger partial charge in [0, 0.05) is 44.3 Å². The fourth-order valence-corrected chi connectivity index (χ4v) is 10.2. The molecule has 3 nitrogen and oxygen atoms in total. The van der Waals surface area contributed by atoms with Gasteiger partial charge in [-0.1, -0.05) is 164 Å². The van der Waals surface area contributed by atoms with Crippen LogP contribution in [0.3, 0.4) is 0 Å². The Kier molecular flexibility index (Phi) is 9.84. The number of hydrogen-bond donors (Lipinski definition) is 0. The zero-order valence-corrected chi connectivity index (χ0v) is 37.7. The van der Waals surface area contributed by atoms with Gasteiger partial charge < -0.3 is 13.9 Å².